The van der Waals surface area contributed by atoms with Gasteiger partial charge in [0.15, 0.2) is 5.11 Å². The zero-order valence-corrected chi connectivity index (χ0v) is 18.7. The number of thiocarbonyl (C=S) groups is 1. The molecule has 0 saturated carbocycles. The molecule has 0 atom stereocenters. The first-order chi connectivity index (χ1) is 15.3. The first-order valence-corrected chi connectivity index (χ1v) is 10.1. The molecule has 0 aliphatic rings. The molecule has 1 aromatic heterocycles. The second-order valence-corrected chi connectivity index (χ2v) is 7.48. The van der Waals surface area contributed by atoms with Crippen molar-refractivity contribution in [3.05, 3.63) is 91.4 Å². The number of benzene rings is 2. The molecular weight excluding hydrogens is 452 g/mol. The maximum absolute atomic E-state index is 12.9. The Bertz CT molecular complexity index is 1260. The van der Waals surface area contributed by atoms with Gasteiger partial charge in [0.05, 0.1) is 27.6 Å². The molecule has 0 bridgehead atoms. The van der Waals surface area contributed by atoms with E-state index in [1.165, 1.54) is 23.0 Å². The van der Waals surface area contributed by atoms with Gasteiger partial charge in [0, 0.05) is 19.2 Å². The van der Waals surface area contributed by atoms with Gasteiger partial charge in [-0.2, -0.15) is 5.10 Å². The molecule has 2 aromatic carbocycles. The average molecular weight is 471 g/mol. The number of hydrogen-bond donors (Lipinski definition) is 2. The third-order valence-corrected chi connectivity index (χ3v) is 4.96. The van der Waals surface area contributed by atoms with Crippen LogP contribution in [0.5, 0.6) is 0 Å². The van der Waals surface area contributed by atoms with Crippen LogP contribution in [0.25, 0.3) is 11.8 Å². The number of nitro groups is 1. The summed E-state index contributed by atoms with van der Waals surface area (Å²) in [7, 11) is 1.78. The summed E-state index contributed by atoms with van der Waals surface area (Å²) in [5, 5.41) is 17.9. The van der Waals surface area contributed by atoms with Crippen LogP contribution in [0.1, 0.15) is 11.3 Å². The lowest BCUT2D eigenvalue weighted by molar-refractivity contribution is -0.384. The molecule has 0 fully saturated rings. The number of anilines is 1. The topological polar surface area (TPSA) is 106 Å². The Hall–Kier alpha value is -3.76. The molecule has 32 heavy (non-hydrogen) atoms. The Balaban J connectivity index is 1.67. The maximum Gasteiger partial charge on any atom is 0.295 e. The van der Waals surface area contributed by atoms with Crippen LogP contribution >= 0.6 is 23.8 Å². The van der Waals surface area contributed by atoms with Gasteiger partial charge in [0.25, 0.3) is 11.2 Å². The number of halogens is 1. The van der Waals surface area contributed by atoms with Gasteiger partial charge in [0.2, 0.25) is 0 Å². The van der Waals surface area contributed by atoms with E-state index in [2.05, 4.69) is 15.8 Å². The van der Waals surface area contributed by atoms with E-state index in [0.717, 1.165) is 5.69 Å². The van der Waals surface area contributed by atoms with Crippen molar-refractivity contribution in [3.8, 4) is 5.69 Å². The number of non-ortho nitro benzene ring substituents is 1. The Morgan fingerprint density at radius 1 is 1.19 bits per heavy atom. The molecule has 0 spiro atoms. The van der Waals surface area contributed by atoms with Gasteiger partial charge in [-0.25, -0.2) is 4.68 Å². The number of rotatable bonds is 6. The zero-order valence-electron chi connectivity index (χ0n) is 17.2. The van der Waals surface area contributed by atoms with Gasteiger partial charge in [-0.1, -0.05) is 29.8 Å². The summed E-state index contributed by atoms with van der Waals surface area (Å²) in [6.07, 6.45) is 2.92. The molecular formula is C21H19ClN6O3S. The highest BCUT2D eigenvalue weighted by Gasteiger charge is 2.16. The van der Waals surface area contributed by atoms with Crippen LogP contribution in [0.4, 0.5) is 11.4 Å². The number of hydrogen-bond acceptors (Lipinski definition) is 5. The summed E-state index contributed by atoms with van der Waals surface area (Å²) in [6, 6.07) is 15.2. The normalized spacial score (nSPS) is 11.5. The van der Waals surface area contributed by atoms with E-state index in [-0.39, 0.29) is 21.4 Å². The summed E-state index contributed by atoms with van der Waals surface area (Å²) >= 11 is 11.3. The second-order valence-electron chi connectivity index (χ2n) is 6.64. The first-order valence-electron chi connectivity index (χ1n) is 9.33. The number of hydrazone groups is 1. The molecule has 0 aliphatic carbocycles. The minimum Gasteiger partial charge on any atom is -0.325 e. The quantitative estimate of drug-likeness (QED) is 0.244. The van der Waals surface area contributed by atoms with Crippen molar-refractivity contribution in [1.82, 2.24) is 14.8 Å². The lowest BCUT2D eigenvalue weighted by Crippen LogP contribution is -2.28. The second kappa shape index (κ2) is 10.0. The van der Waals surface area contributed by atoms with E-state index >= 15 is 0 Å². The van der Waals surface area contributed by atoms with E-state index in [4.69, 9.17) is 23.8 Å². The van der Waals surface area contributed by atoms with Crippen LogP contribution in [0.15, 0.2) is 69.5 Å². The summed E-state index contributed by atoms with van der Waals surface area (Å²) in [5.41, 5.74) is 4.79. The monoisotopic (exact) mass is 470 g/mol. The summed E-state index contributed by atoms with van der Waals surface area (Å²) in [5.74, 6) is 0. The van der Waals surface area contributed by atoms with Crippen molar-refractivity contribution >= 4 is 52.6 Å². The Kier molecular flexibility index (Phi) is 7.18. The molecule has 2 N–H and O–H groups in total. The van der Waals surface area contributed by atoms with Crippen LogP contribution < -0.4 is 16.3 Å². The molecule has 0 saturated heterocycles. The van der Waals surface area contributed by atoms with Crippen LogP contribution in [0, 0.1) is 17.0 Å². The number of nitrogens with one attached hydrogen (secondary N) is 2. The third-order valence-electron chi connectivity index (χ3n) is 4.56. The molecule has 0 unspecified atom stereocenters. The molecule has 0 amide bonds. The van der Waals surface area contributed by atoms with E-state index in [9.17, 15) is 14.9 Å². The Morgan fingerprint density at radius 2 is 1.84 bits per heavy atom. The fourth-order valence-corrected chi connectivity index (χ4v) is 3.22. The third kappa shape index (κ3) is 5.29. The highest BCUT2D eigenvalue weighted by atomic mass is 35.5. The number of nitrogens with zero attached hydrogens (tertiary/aromatic N) is 4. The molecule has 11 heteroatoms. The maximum atomic E-state index is 12.9. The van der Waals surface area contributed by atoms with Crippen molar-refractivity contribution in [3.63, 3.8) is 0 Å². The fraction of sp³-hybridized carbons (Fsp3) is 0.0952. The highest BCUT2D eigenvalue weighted by Crippen LogP contribution is 2.15. The molecule has 9 nitrogen and oxygen atoms in total. The van der Waals surface area contributed by atoms with Gasteiger partial charge in [0.1, 0.15) is 5.69 Å². The van der Waals surface area contributed by atoms with E-state index in [1.807, 2.05) is 30.3 Å². The van der Waals surface area contributed by atoms with Gasteiger partial charge in [-0.05, 0) is 55.0 Å². The fourth-order valence-electron chi connectivity index (χ4n) is 2.90. The predicted molar refractivity (Wildman–Crippen MR) is 131 cm³/mol. The van der Waals surface area contributed by atoms with Gasteiger partial charge in [-0.15, -0.1) is 0 Å². The number of para-hydroxylation sites is 1. The molecule has 1 heterocycles. The van der Waals surface area contributed by atoms with Crippen molar-refractivity contribution in [2.75, 3.05) is 5.32 Å². The highest BCUT2D eigenvalue weighted by molar-refractivity contribution is 7.80. The smallest absolute Gasteiger partial charge is 0.295 e. The van der Waals surface area contributed by atoms with Crippen LogP contribution in [-0.2, 0) is 7.05 Å². The van der Waals surface area contributed by atoms with Crippen molar-refractivity contribution < 1.29 is 4.92 Å². The molecule has 164 valence electrons. The minimum atomic E-state index is -0.475. The first kappa shape index (κ1) is 22.9. The standard InChI is InChI=1S/C21H19ClN6O3S/c1-14-19(20(29)27(26(14)2)17-6-4-3-5-7-17)24-21(32)25-23-13-16(22)12-15-8-10-18(11-9-15)28(30)31/h3-13H,1-2H3,(H2,24,25,32)/b16-12-,23-13-. The van der Waals surface area contributed by atoms with E-state index in [1.54, 1.807) is 36.9 Å². The van der Waals surface area contributed by atoms with Crippen molar-refractivity contribution in [1.29, 1.82) is 0 Å². The van der Waals surface area contributed by atoms with E-state index in [0.29, 0.717) is 16.9 Å². The lowest BCUT2D eigenvalue weighted by atomic mass is 10.2. The number of allylic oxidation sites excluding steroid dienone is 1. The molecule has 0 radical (unpaired) electrons. The Morgan fingerprint density at radius 3 is 2.47 bits per heavy atom. The minimum absolute atomic E-state index is 0.00689. The summed E-state index contributed by atoms with van der Waals surface area (Å²) in [6.45, 7) is 1.80. The number of nitro benzene ring substituents is 1. The van der Waals surface area contributed by atoms with E-state index < -0.39 is 4.92 Å². The van der Waals surface area contributed by atoms with Crippen molar-refractivity contribution in [2.45, 2.75) is 6.92 Å². The molecule has 3 aromatic rings. The van der Waals surface area contributed by atoms with Gasteiger partial charge < -0.3 is 5.32 Å². The summed E-state index contributed by atoms with van der Waals surface area (Å²) < 4.78 is 3.27. The predicted octanol–water partition coefficient (Wildman–Crippen LogP) is 3.94. The van der Waals surface area contributed by atoms with Crippen LogP contribution in [0.2, 0.25) is 0 Å². The Labute approximate surface area is 193 Å². The molecule has 0 aliphatic heterocycles. The van der Waals surface area contributed by atoms with Gasteiger partial charge in [-0.3, -0.25) is 25.0 Å². The van der Waals surface area contributed by atoms with Crippen molar-refractivity contribution in [2.24, 2.45) is 12.1 Å². The number of aromatic nitrogens is 2. The lowest BCUT2D eigenvalue weighted by Gasteiger charge is -2.07. The van der Waals surface area contributed by atoms with Crippen LogP contribution in [0.3, 0.4) is 0 Å². The average Bonchev–Trinajstić information content (AvgIpc) is 2.98. The summed E-state index contributed by atoms with van der Waals surface area (Å²) in [4.78, 5) is 23.1. The zero-order chi connectivity index (χ0) is 23.3. The van der Waals surface area contributed by atoms with Gasteiger partial charge >= 0.3 is 0 Å². The van der Waals surface area contributed by atoms with Crippen LogP contribution in [-0.4, -0.2) is 25.6 Å². The largest absolute Gasteiger partial charge is 0.325 e. The SMILES string of the molecule is Cc1c(NC(=S)N/N=C\C(Cl)=C\c2ccc([N+](=O)[O-])cc2)c(=O)n(-c2ccccc2)n1C. The molecule has 3 rings (SSSR count).